The van der Waals surface area contributed by atoms with Crippen molar-refractivity contribution in [2.24, 2.45) is 0 Å². The lowest BCUT2D eigenvalue weighted by Gasteiger charge is -2.28. The molecule has 1 aliphatic heterocycles. The zero-order valence-electron chi connectivity index (χ0n) is 17.2. The maximum absolute atomic E-state index is 13.2. The minimum Gasteiger partial charge on any atom is -0.496 e. The Morgan fingerprint density at radius 2 is 2.03 bits per heavy atom. The van der Waals surface area contributed by atoms with Gasteiger partial charge >= 0.3 is 0 Å². The molecule has 0 fully saturated rings. The molecule has 3 heterocycles. The lowest BCUT2D eigenvalue weighted by Crippen LogP contribution is -2.42. The van der Waals surface area contributed by atoms with Crippen LogP contribution in [0.4, 0.5) is 0 Å². The summed E-state index contributed by atoms with van der Waals surface area (Å²) in [5, 5.41) is 0.624. The van der Waals surface area contributed by atoms with Gasteiger partial charge in [-0.1, -0.05) is 18.2 Å². The van der Waals surface area contributed by atoms with Crippen molar-refractivity contribution in [2.75, 3.05) is 27.7 Å². The molecule has 1 aromatic carbocycles. The second kappa shape index (κ2) is 8.10. The monoisotopic (exact) mass is 448 g/mol. The minimum absolute atomic E-state index is 0.0729. The van der Waals surface area contributed by atoms with Crippen LogP contribution in [0.3, 0.4) is 0 Å². The van der Waals surface area contributed by atoms with Gasteiger partial charge < -0.3 is 4.74 Å². The predicted molar refractivity (Wildman–Crippen MR) is 117 cm³/mol. The molecule has 2 aromatic heterocycles. The maximum Gasteiger partial charge on any atom is 0.281 e. The number of ether oxygens (including phenoxy) is 1. The number of para-hydroxylation sites is 1. The molecular formula is C20H24N4O4S2. The molecule has 4 rings (SSSR count). The van der Waals surface area contributed by atoms with Crippen molar-refractivity contribution in [3.63, 3.8) is 0 Å². The second-order valence-corrected chi connectivity index (χ2v) is 10.6. The number of aryl methyl sites for hydroxylation is 2. The van der Waals surface area contributed by atoms with Crippen molar-refractivity contribution in [3.8, 4) is 5.75 Å². The Morgan fingerprint density at radius 1 is 1.27 bits per heavy atom. The minimum atomic E-state index is -3.49. The van der Waals surface area contributed by atoms with Gasteiger partial charge in [0.2, 0.25) is 0 Å². The number of nitrogens with zero attached hydrogens (tertiary/aromatic N) is 4. The summed E-state index contributed by atoms with van der Waals surface area (Å²) in [4.78, 5) is 19.2. The van der Waals surface area contributed by atoms with Crippen molar-refractivity contribution >= 4 is 31.8 Å². The fraction of sp³-hybridized carbons (Fsp3) is 0.400. The molecule has 0 aliphatic carbocycles. The van der Waals surface area contributed by atoms with E-state index in [0.717, 1.165) is 21.8 Å². The highest BCUT2D eigenvalue weighted by Gasteiger charge is 2.31. The molecule has 0 radical (unpaired) electrons. The molecule has 30 heavy (non-hydrogen) atoms. The largest absolute Gasteiger partial charge is 0.496 e. The SMILES string of the molecule is COc1ccccc1CCn1cnc2sc3c(c2c1=O)CCN(S(=O)(=O)N(C)C)C3. The second-order valence-electron chi connectivity index (χ2n) is 7.36. The third-order valence-corrected chi connectivity index (χ3v) is 8.41. The van der Waals surface area contributed by atoms with Crippen LogP contribution >= 0.6 is 11.3 Å². The normalized spacial score (nSPS) is 14.9. The standard InChI is InChI=1S/C20H24N4O4S2/c1-22(2)30(26,27)24-11-9-15-17(12-24)29-19-18(15)20(25)23(13-21-19)10-8-14-6-4-5-7-16(14)28-3/h4-7,13H,8-12H2,1-3H3. The Morgan fingerprint density at radius 3 is 2.77 bits per heavy atom. The molecular weight excluding hydrogens is 424 g/mol. The van der Waals surface area contributed by atoms with Crippen LogP contribution in [0.25, 0.3) is 10.2 Å². The fourth-order valence-electron chi connectivity index (χ4n) is 3.73. The van der Waals surface area contributed by atoms with E-state index in [9.17, 15) is 13.2 Å². The van der Waals surface area contributed by atoms with Crippen LogP contribution in [0.1, 0.15) is 16.0 Å². The van der Waals surface area contributed by atoms with Gasteiger partial charge in [0, 0.05) is 38.6 Å². The van der Waals surface area contributed by atoms with E-state index in [1.807, 2.05) is 24.3 Å². The number of rotatable bonds is 6. The number of thiophene rings is 1. The predicted octanol–water partition coefficient (Wildman–Crippen LogP) is 1.87. The van der Waals surface area contributed by atoms with Crippen molar-refractivity contribution < 1.29 is 13.2 Å². The summed E-state index contributed by atoms with van der Waals surface area (Å²) in [5.41, 5.74) is 1.89. The van der Waals surface area contributed by atoms with Gasteiger partial charge in [0.1, 0.15) is 10.6 Å². The average Bonchev–Trinajstić information content (AvgIpc) is 3.11. The van der Waals surface area contributed by atoms with Crippen LogP contribution in [0.2, 0.25) is 0 Å². The number of methoxy groups -OCH3 is 1. The number of aromatic nitrogens is 2. The van der Waals surface area contributed by atoms with Gasteiger partial charge in [0.25, 0.3) is 15.8 Å². The van der Waals surface area contributed by atoms with E-state index in [-0.39, 0.29) is 12.1 Å². The molecule has 1 aliphatic rings. The van der Waals surface area contributed by atoms with Gasteiger partial charge in [-0.25, -0.2) is 4.98 Å². The first-order chi connectivity index (χ1) is 14.3. The molecule has 0 saturated carbocycles. The van der Waals surface area contributed by atoms with Crippen molar-refractivity contribution in [3.05, 3.63) is 57.0 Å². The molecule has 0 unspecified atom stereocenters. The van der Waals surface area contributed by atoms with E-state index >= 15 is 0 Å². The summed E-state index contributed by atoms with van der Waals surface area (Å²) in [6.07, 6.45) is 2.74. The average molecular weight is 449 g/mol. The van der Waals surface area contributed by atoms with Crippen LogP contribution in [0.15, 0.2) is 35.4 Å². The van der Waals surface area contributed by atoms with Gasteiger partial charge in [-0.2, -0.15) is 17.0 Å². The molecule has 0 saturated heterocycles. The van der Waals surface area contributed by atoms with Crippen LogP contribution in [0, 0.1) is 0 Å². The summed E-state index contributed by atoms with van der Waals surface area (Å²) < 4.78 is 34.6. The number of hydrogen-bond acceptors (Lipinski definition) is 6. The zero-order chi connectivity index (χ0) is 21.5. The highest BCUT2D eigenvalue weighted by molar-refractivity contribution is 7.86. The Labute approximate surface area is 179 Å². The smallest absolute Gasteiger partial charge is 0.281 e. The number of benzene rings is 1. The Bertz CT molecular complexity index is 1250. The summed E-state index contributed by atoms with van der Waals surface area (Å²) in [7, 11) is 1.20. The van der Waals surface area contributed by atoms with Gasteiger partial charge in [0.15, 0.2) is 0 Å². The lowest BCUT2D eigenvalue weighted by molar-refractivity contribution is 0.362. The zero-order valence-corrected chi connectivity index (χ0v) is 18.8. The summed E-state index contributed by atoms with van der Waals surface area (Å²) in [6.45, 7) is 1.13. The van der Waals surface area contributed by atoms with E-state index < -0.39 is 10.2 Å². The molecule has 0 bridgehead atoms. The summed E-state index contributed by atoms with van der Waals surface area (Å²) >= 11 is 1.41. The van der Waals surface area contributed by atoms with E-state index in [4.69, 9.17) is 4.74 Å². The van der Waals surface area contributed by atoms with Crippen LogP contribution < -0.4 is 10.3 Å². The van der Waals surface area contributed by atoms with E-state index in [1.54, 1.807) is 18.0 Å². The first-order valence-electron chi connectivity index (χ1n) is 9.62. The van der Waals surface area contributed by atoms with Crippen LogP contribution in [0.5, 0.6) is 5.75 Å². The van der Waals surface area contributed by atoms with Gasteiger partial charge in [-0.05, 0) is 30.0 Å². The van der Waals surface area contributed by atoms with E-state index in [2.05, 4.69) is 4.98 Å². The van der Waals surface area contributed by atoms with Crippen LogP contribution in [-0.4, -0.2) is 54.3 Å². The molecule has 10 heteroatoms. The first kappa shape index (κ1) is 21.0. The number of fused-ring (bicyclic) bond motifs is 3. The molecule has 8 nitrogen and oxygen atoms in total. The molecule has 3 aromatic rings. The van der Waals surface area contributed by atoms with E-state index in [0.29, 0.717) is 36.1 Å². The summed E-state index contributed by atoms with van der Waals surface area (Å²) in [5.74, 6) is 0.801. The van der Waals surface area contributed by atoms with Gasteiger partial charge in [-0.15, -0.1) is 11.3 Å². The summed E-state index contributed by atoms with van der Waals surface area (Å²) in [6, 6.07) is 7.76. The van der Waals surface area contributed by atoms with Crippen molar-refractivity contribution in [1.29, 1.82) is 0 Å². The van der Waals surface area contributed by atoms with Crippen molar-refractivity contribution in [1.82, 2.24) is 18.2 Å². The van der Waals surface area contributed by atoms with E-state index in [1.165, 1.54) is 34.0 Å². The molecule has 0 atom stereocenters. The molecule has 0 amide bonds. The lowest BCUT2D eigenvalue weighted by atomic mass is 10.1. The quantitative estimate of drug-likeness (QED) is 0.575. The highest BCUT2D eigenvalue weighted by atomic mass is 32.2. The number of hydrogen-bond donors (Lipinski definition) is 0. The van der Waals surface area contributed by atoms with Crippen LogP contribution in [-0.2, 0) is 36.1 Å². The topological polar surface area (TPSA) is 84.7 Å². The Balaban J connectivity index is 1.64. The maximum atomic E-state index is 13.2. The third-order valence-electron chi connectivity index (χ3n) is 5.39. The molecule has 160 valence electrons. The third kappa shape index (κ3) is 3.64. The van der Waals surface area contributed by atoms with Gasteiger partial charge in [-0.3, -0.25) is 9.36 Å². The first-order valence-corrected chi connectivity index (χ1v) is 11.8. The Hall–Kier alpha value is -2.27. The molecule has 0 N–H and O–H groups in total. The molecule has 0 spiro atoms. The van der Waals surface area contributed by atoms with Crippen molar-refractivity contribution in [2.45, 2.75) is 25.9 Å². The fourth-order valence-corrected chi connectivity index (χ4v) is 6.08. The highest BCUT2D eigenvalue weighted by Crippen LogP contribution is 2.33. The van der Waals surface area contributed by atoms with Gasteiger partial charge in [0.05, 0.1) is 18.8 Å². The Kier molecular flexibility index (Phi) is 5.67.